The van der Waals surface area contributed by atoms with E-state index in [1.165, 1.54) is 11.3 Å². The number of nitrogens with one attached hydrogen (secondary N) is 1. The minimum absolute atomic E-state index is 0.130. The van der Waals surface area contributed by atoms with Crippen LogP contribution in [0, 0.1) is 6.92 Å². The third kappa shape index (κ3) is 4.17. The predicted molar refractivity (Wildman–Crippen MR) is 120 cm³/mol. The normalized spacial score (nSPS) is 11.7. The molecule has 0 amide bonds. The molecule has 0 radical (unpaired) electrons. The molecule has 1 aromatic carbocycles. The molecule has 0 atom stereocenters. The summed E-state index contributed by atoms with van der Waals surface area (Å²) in [7, 11) is -1.86. The van der Waals surface area contributed by atoms with Crippen molar-refractivity contribution in [3.8, 4) is 22.0 Å². The van der Waals surface area contributed by atoms with Crippen molar-refractivity contribution in [2.75, 3.05) is 0 Å². The molecule has 0 fully saturated rings. The van der Waals surface area contributed by atoms with Crippen molar-refractivity contribution in [2.45, 2.75) is 18.4 Å². The molecule has 0 aliphatic carbocycles. The van der Waals surface area contributed by atoms with E-state index in [-0.39, 0.29) is 11.4 Å². The van der Waals surface area contributed by atoms with Gasteiger partial charge in [-0.05, 0) is 37.3 Å². The first-order chi connectivity index (χ1) is 14.3. The van der Waals surface area contributed by atoms with E-state index in [1.807, 2.05) is 47.3 Å². The number of sulfonamides is 1. The highest BCUT2D eigenvalue weighted by Crippen LogP contribution is 2.33. The first kappa shape index (κ1) is 20.7. The number of rotatable bonds is 6. The molecule has 3 heterocycles. The van der Waals surface area contributed by atoms with E-state index in [9.17, 15) is 8.42 Å². The van der Waals surface area contributed by atoms with Crippen LogP contribution in [0.5, 0.6) is 0 Å². The molecule has 9 heteroatoms. The minimum Gasteiger partial charge on any atom is -0.345 e. The van der Waals surface area contributed by atoms with Gasteiger partial charge >= 0.3 is 0 Å². The second-order valence-corrected chi connectivity index (χ2v) is 9.76. The standard InChI is InChI=1S/C21H19ClN4O2S2/c1-14-20(30(27,28)24-12-17-5-3-4-10-23-17)11-19(26(14)2)21-25-18(13-29-21)15-6-8-16(22)9-7-15/h3-11,13,24H,12H2,1-2H3. The maximum Gasteiger partial charge on any atom is 0.242 e. The van der Waals surface area contributed by atoms with Crippen LogP contribution in [0.15, 0.2) is 65.0 Å². The van der Waals surface area contributed by atoms with Crippen LogP contribution >= 0.6 is 22.9 Å². The quantitative estimate of drug-likeness (QED) is 0.456. The summed E-state index contributed by atoms with van der Waals surface area (Å²) in [6, 6.07) is 14.5. The lowest BCUT2D eigenvalue weighted by Crippen LogP contribution is -2.24. The molecular weight excluding hydrogens is 440 g/mol. The second-order valence-electron chi connectivity index (χ2n) is 6.73. The van der Waals surface area contributed by atoms with Crippen LogP contribution in [0.2, 0.25) is 5.02 Å². The molecule has 6 nitrogen and oxygen atoms in total. The van der Waals surface area contributed by atoms with Gasteiger partial charge in [0.2, 0.25) is 10.0 Å². The zero-order chi connectivity index (χ0) is 21.3. The van der Waals surface area contributed by atoms with Gasteiger partial charge in [0.25, 0.3) is 0 Å². The first-order valence-electron chi connectivity index (χ1n) is 9.13. The van der Waals surface area contributed by atoms with Crippen molar-refractivity contribution in [3.63, 3.8) is 0 Å². The third-order valence-electron chi connectivity index (χ3n) is 4.81. The highest BCUT2D eigenvalue weighted by Gasteiger charge is 2.23. The van der Waals surface area contributed by atoms with Crippen LogP contribution < -0.4 is 4.72 Å². The lowest BCUT2D eigenvalue weighted by molar-refractivity contribution is 0.579. The molecule has 154 valence electrons. The molecule has 0 spiro atoms. The molecule has 4 rings (SSSR count). The van der Waals surface area contributed by atoms with Gasteiger partial charge < -0.3 is 4.57 Å². The third-order valence-corrected chi connectivity index (χ3v) is 7.44. The Morgan fingerprint density at radius 1 is 1.17 bits per heavy atom. The van der Waals surface area contributed by atoms with Crippen LogP contribution in [0.25, 0.3) is 22.0 Å². The summed E-state index contributed by atoms with van der Waals surface area (Å²) in [5.41, 5.74) is 3.82. The van der Waals surface area contributed by atoms with E-state index in [2.05, 4.69) is 9.71 Å². The number of pyridine rings is 1. The summed E-state index contributed by atoms with van der Waals surface area (Å²) < 4.78 is 30.3. The fourth-order valence-corrected chi connectivity index (χ4v) is 5.33. The maximum absolute atomic E-state index is 12.9. The summed E-state index contributed by atoms with van der Waals surface area (Å²) in [6.07, 6.45) is 1.64. The second kappa shape index (κ2) is 8.31. The number of benzene rings is 1. The van der Waals surface area contributed by atoms with Crippen molar-refractivity contribution in [2.24, 2.45) is 7.05 Å². The van der Waals surface area contributed by atoms with Crippen molar-refractivity contribution < 1.29 is 8.42 Å². The lowest BCUT2D eigenvalue weighted by Gasteiger charge is -2.06. The van der Waals surface area contributed by atoms with Gasteiger partial charge in [-0.15, -0.1) is 11.3 Å². The van der Waals surface area contributed by atoms with Crippen LogP contribution in [-0.2, 0) is 23.6 Å². The maximum atomic E-state index is 12.9. The van der Waals surface area contributed by atoms with Gasteiger partial charge in [0.05, 0.1) is 23.6 Å². The highest BCUT2D eigenvalue weighted by molar-refractivity contribution is 7.89. The SMILES string of the molecule is Cc1c(S(=O)(=O)NCc2ccccn2)cc(-c2nc(-c3ccc(Cl)cc3)cs2)n1C. The predicted octanol–water partition coefficient (Wildman–Crippen LogP) is 4.65. The first-order valence-corrected chi connectivity index (χ1v) is 11.9. The molecule has 0 saturated heterocycles. The number of nitrogens with zero attached hydrogens (tertiary/aromatic N) is 3. The Labute approximate surface area is 184 Å². The Balaban J connectivity index is 1.62. The Morgan fingerprint density at radius 2 is 1.93 bits per heavy atom. The van der Waals surface area contributed by atoms with E-state index in [4.69, 9.17) is 16.6 Å². The van der Waals surface area contributed by atoms with E-state index >= 15 is 0 Å². The lowest BCUT2D eigenvalue weighted by atomic mass is 10.2. The molecule has 0 aliphatic rings. The van der Waals surface area contributed by atoms with Crippen LogP contribution in [0.3, 0.4) is 0 Å². The molecule has 0 aliphatic heterocycles. The van der Waals surface area contributed by atoms with Crippen molar-refractivity contribution >= 4 is 33.0 Å². The summed E-state index contributed by atoms with van der Waals surface area (Å²) in [5.74, 6) is 0. The van der Waals surface area contributed by atoms with E-state index < -0.39 is 10.0 Å². The molecule has 30 heavy (non-hydrogen) atoms. The number of halogens is 1. The number of thiazole rings is 1. The van der Waals surface area contributed by atoms with E-state index in [0.717, 1.165) is 22.0 Å². The average Bonchev–Trinajstić information content (AvgIpc) is 3.34. The smallest absolute Gasteiger partial charge is 0.242 e. The summed E-state index contributed by atoms with van der Waals surface area (Å²) in [4.78, 5) is 9.09. The molecule has 0 saturated carbocycles. The van der Waals surface area contributed by atoms with Gasteiger partial charge in [-0.25, -0.2) is 18.1 Å². The number of hydrogen-bond acceptors (Lipinski definition) is 5. The summed E-state index contributed by atoms with van der Waals surface area (Å²) in [5, 5.41) is 3.37. The fraction of sp³-hybridized carbons (Fsp3) is 0.143. The Kier molecular flexibility index (Phi) is 5.75. The molecule has 0 bridgehead atoms. The van der Waals surface area contributed by atoms with Gasteiger partial charge in [0.15, 0.2) is 0 Å². The number of hydrogen-bond donors (Lipinski definition) is 1. The van der Waals surface area contributed by atoms with Gasteiger partial charge in [0.1, 0.15) is 9.90 Å². The van der Waals surface area contributed by atoms with E-state index in [0.29, 0.717) is 16.4 Å². The fourth-order valence-electron chi connectivity index (χ4n) is 3.04. The van der Waals surface area contributed by atoms with Crippen molar-refractivity contribution in [1.82, 2.24) is 19.3 Å². The van der Waals surface area contributed by atoms with Gasteiger partial charge in [-0.3, -0.25) is 4.98 Å². The van der Waals surface area contributed by atoms with Crippen LogP contribution in [0.1, 0.15) is 11.4 Å². The van der Waals surface area contributed by atoms with Gasteiger partial charge in [-0.1, -0.05) is 29.8 Å². The molecule has 0 unspecified atom stereocenters. The topological polar surface area (TPSA) is 76.9 Å². The van der Waals surface area contributed by atoms with E-state index in [1.54, 1.807) is 31.3 Å². The van der Waals surface area contributed by atoms with Crippen LogP contribution in [-0.4, -0.2) is 23.0 Å². The Morgan fingerprint density at radius 3 is 2.63 bits per heavy atom. The number of aromatic nitrogens is 3. The van der Waals surface area contributed by atoms with Gasteiger partial charge in [-0.2, -0.15) is 0 Å². The van der Waals surface area contributed by atoms with Gasteiger partial charge in [0, 0.05) is 34.9 Å². The minimum atomic E-state index is -3.70. The Hall–Kier alpha value is -2.52. The summed E-state index contributed by atoms with van der Waals surface area (Å²) >= 11 is 7.43. The highest BCUT2D eigenvalue weighted by atomic mass is 35.5. The summed E-state index contributed by atoms with van der Waals surface area (Å²) in [6.45, 7) is 1.91. The largest absolute Gasteiger partial charge is 0.345 e. The zero-order valence-corrected chi connectivity index (χ0v) is 18.7. The zero-order valence-electron chi connectivity index (χ0n) is 16.3. The Bertz CT molecular complexity index is 1280. The van der Waals surface area contributed by atoms with Crippen LogP contribution in [0.4, 0.5) is 0 Å². The van der Waals surface area contributed by atoms with Crippen molar-refractivity contribution in [3.05, 3.63) is 76.5 Å². The molecule has 4 aromatic rings. The molecule has 3 aromatic heterocycles. The molecule has 1 N–H and O–H groups in total. The monoisotopic (exact) mass is 458 g/mol. The molecular formula is C21H19ClN4O2S2. The average molecular weight is 459 g/mol. The van der Waals surface area contributed by atoms with Crippen molar-refractivity contribution in [1.29, 1.82) is 0 Å².